The highest BCUT2D eigenvalue weighted by Gasteiger charge is 2.32. The molecule has 1 fully saturated rings. The second kappa shape index (κ2) is 8.63. The first-order valence-corrected chi connectivity index (χ1v) is 11.2. The van der Waals surface area contributed by atoms with Crippen LogP contribution < -0.4 is 9.64 Å². The summed E-state index contributed by atoms with van der Waals surface area (Å²) in [6.45, 7) is 7.92. The molecule has 1 aliphatic rings. The molecule has 0 spiro atoms. The van der Waals surface area contributed by atoms with Crippen molar-refractivity contribution in [3.8, 4) is 5.75 Å². The van der Waals surface area contributed by atoms with Crippen molar-refractivity contribution in [3.63, 3.8) is 0 Å². The maximum atomic E-state index is 13.2. The van der Waals surface area contributed by atoms with Gasteiger partial charge in [0.2, 0.25) is 10.0 Å². The molecule has 0 aliphatic carbocycles. The SMILES string of the molecule is CCOc1cc(C)c(Cl)cc1S(=O)(=O)N1CCN(c2cc(CC)ncn2)CC1. The Morgan fingerprint density at radius 3 is 2.46 bits per heavy atom. The van der Waals surface area contributed by atoms with Crippen LogP contribution >= 0.6 is 11.6 Å². The Morgan fingerprint density at radius 1 is 1.11 bits per heavy atom. The van der Waals surface area contributed by atoms with Crippen LogP contribution in [0.3, 0.4) is 0 Å². The maximum Gasteiger partial charge on any atom is 0.246 e. The Hall–Kier alpha value is -1.90. The first kappa shape index (κ1) is 20.8. The molecule has 1 aliphatic heterocycles. The van der Waals surface area contributed by atoms with Crippen molar-refractivity contribution >= 4 is 27.4 Å². The van der Waals surface area contributed by atoms with Crippen LogP contribution in [-0.4, -0.2) is 55.5 Å². The predicted molar refractivity (Wildman–Crippen MR) is 110 cm³/mol. The molecule has 0 unspecified atom stereocenters. The van der Waals surface area contributed by atoms with Gasteiger partial charge in [0.05, 0.1) is 6.61 Å². The number of hydrogen-bond acceptors (Lipinski definition) is 6. The Morgan fingerprint density at radius 2 is 1.82 bits per heavy atom. The summed E-state index contributed by atoms with van der Waals surface area (Å²) in [5.41, 5.74) is 1.75. The molecule has 0 bridgehead atoms. The van der Waals surface area contributed by atoms with E-state index in [4.69, 9.17) is 16.3 Å². The van der Waals surface area contributed by atoms with E-state index < -0.39 is 10.0 Å². The summed E-state index contributed by atoms with van der Waals surface area (Å²) in [6.07, 6.45) is 2.39. The molecular formula is C19H25ClN4O3S. The number of hydrogen-bond donors (Lipinski definition) is 0. The minimum absolute atomic E-state index is 0.119. The van der Waals surface area contributed by atoms with E-state index in [-0.39, 0.29) is 4.90 Å². The average Bonchev–Trinajstić information content (AvgIpc) is 2.70. The third-order valence-corrected chi connectivity index (χ3v) is 7.10. The standard InChI is InChI=1S/C19H25ClN4O3S/c1-4-15-11-19(22-13-21-15)23-6-8-24(9-7-23)28(25,26)18-12-16(20)14(3)10-17(18)27-5-2/h10-13H,4-9H2,1-3H3. The van der Waals surface area contributed by atoms with Crippen LogP contribution in [0.2, 0.25) is 5.02 Å². The fourth-order valence-corrected chi connectivity index (χ4v) is 4.94. The molecule has 2 aromatic rings. The van der Waals surface area contributed by atoms with Gasteiger partial charge in [0.15, 0.2) is 0 Å². The van der Waals surface area contributed by atoms with Crippen LogP contribution in [0.4, 0.5) is 5.82 Å². The topological polar surface area (TPSA) is 75.6 Å². The van der Waals surface area contributed by atoms with Gasteiger partial charge in [-0.3, -0.25) is 0 Å². The van der Waals surface area contributed by atoms with Crippen LogP contribution in [0.25, 0.3) is 0 Å². The summed E-state index contributed by atoms with van der Waals surface area (Å²) in [4.78, 5) is 10.7. The second-order valence-corrected chi connectivity index (χ2v) is 8.91. The molecule has 0 atom stereocenters. The van der Waals surface area contributed by atoms with Gasteiger partial charge in [-0.05, 0) is 38.0 Å². The van der Waals surface area contributed by atoms with Gasteiger partial charge in [-0.2, -0.15) is 4.31 Å². The van der Waals surface area contributed by atoms with Gasteiger partial charge >= 0.3 is 0 Å². The number of nitrogens with zero attached hydrogens (tertiary/aromatic N) is 4. The van der Waals surface area contributed by atoms with Gasteiger partial charge in [0.25, 0.3) is 0 Å². The number of piperazine rings is 1. The van der Waals surface area contributed by atoms with Crippen LogP contribution in [0.5, 0.6) is 5.75 Å². The van der Waals surface area contributed by atoms with Crippen LogP contribution in [0.15, 0.2) is 29.4 Å². The number of sulfonamides is 1. The van der Waals surface area contributed by atoms with E-state index >= 15 is 0 Å². The van der Waals surface area contributed by atoms with Crippen molar-refractivity contribution in [3.05, 3.63) is 40.8 Å². The number of ether oxygens (including phenoxy) is 1. The van der Waals surface area contributed by atoms with Crippen molar-refractivity contribution in [2.75, 3.05) is 37.7 Å². The lowest BCUT2D eigenvalue weighted by Gasteiger charge is -2.35. The van der Waals surface area contributed by atoms with Gasteiger partial charge in [0.1, 0.15) is 22.8 Å². The summed E-state index contributed by atoms with van der Waals surface area (Å²) in [6, 6.07) is 5.13. The predicted octanol–water partition coefficient (Wildman–Crippen LogP) is 2.91. The molecule has 152 valence electrons. The van der Waals surface area contributed by atoms with E-state index in [0.717, 1.165) is 23.5 Å². The lowest BCUT2D eigenvalue weighted by atomic mass is 10.2. The molecule has 0 N–H and O–H groups in total. The van der Waals surface area contributed by atoms with Crippen LogP contribution in [0.1, 0.15) is 25.1 Å². The van der Waals surface area contributed by atoms with Crippen molar-refractivity contribution in [2.45, 2.75) is 32.1 Å². The number of aryl methyl sites for hydroxylation is 2. The molecule has 0 saturated carbocycles. The number of anilines is 1. The number of rotatable bonds is 6. The second-order valence-electron chi connectivity index (χ2n) is 6.59. The summed E-state index contributed by atoms with van der Waals surface area (Å²) >= 11 is 6.20. The quantitative estimate of drug-likeness (QED) is 0.709. The first-order chi connectivity index (χ1) is 13.4. The molecule has 0 amide bonds. The van der Waals surface area contributed by atoms with E-state index in [1.54, 1.807) is 12.4 Å². The fourth-order valence-electron chi connectivity index (χ4n) is 3.16. The van der Waals surface area contributed by atoms with Crippen molar-refractivity contribution in [1.82, 2.24) is 14.3 Å². The number of aromatic nitrogens is 2. The van der Waals surface area contributed by atoms with Gasteiger partial charge in [-0.25, -0.2) is 18.4 Å². The molecule has 7 nitrogen and oxygen atoms in total. The number of benzene rings is 1. The lowest BCUT2D eigenvalue weighted by molar-refractivity contribution is 0.327. The monoisotopic (exact) mass is 424 g/mol. The largest absolute Gasteiger partial charge is 0.492 e. The zero-order valence-electron chi connectivity index (χ0n) is 16.4. The van der Waals surface area contributed by atoms with E-state index in [2.05, 4.69) is 14.9 Å². The first-order valence-electron chi connectivity index (χ1n) is 9.35. The van der Waals surface area contributed by atoms with Crippen molar-refractivity contribution < 1.29 is 13.2 Å². The fraction of sp³-hybridized carbons (Fsp3) is 0.474. The van der Waals surface area contributed by atoms with Crippen LogP contribution in [-0.2, 0) is 16.4 Å². The summed E-state index contributed by atoms with van der Waals surface area (Å²) < 4.78 is 33.5. The molecule has 1 aromatic heterocycles. The normalized spacial score (nSPS) is 15.6. The Bertz CT molecular complexity index is 944. The highest BCUT2D eigenvalue weighted by Crippen LogP contribution is 2.33. The van der Waals surface area contributed by atoms with E-state index in [0.29, 0.717) is 43.6 Å². The summed E-state index contributed by atoms with van der Waals surface area (Å²) in [7, 11) is -3.71. The van der Waals surface area contributed by atoms with E-state index in [9.17, 15) is 8.42 Å². The van der Waals surface area contributed by atoms with Gasteiger partial charge in [-0.1, -0.05) is 18.5 Å². The van der Waals surface area contributed by atoms with Gasteiger partial charge < -0.3 is 9.64 Å². The molecule has 1 aromatic carbocycles. The smallest absolute Gasteiger partial charge is 0.246 e. The zero-order chi connectivity index (χ0) is 20.3. The minimum Gasteiger partial charge on any atom is -0.492 e. The zero-order valence-corrected chi connectivity index (χ0v) is 17.9. The Kier molecular flexibility index (Phi) is 6.42. The van der Waals surface area contributed by atoms with Crippen LogP contribution in [0, 0.1) is 6.92 Å². The third-order valence-electron chi connectivity index (χ3n) is 4.78. The van der Waals surface area contributed by atoms with Crippen molar-refractivity contribution in [2.24, 2.45) is 0 Å². The molecule has 28 heavy (non-hydrogen) atoms. The highest BCUT2D eigenvalue weighted by atomic mass is 35.5. The summed E-state index contributed by atoms with van der Waals surface area (Å²) in [5.74, 6) is 1.17. The lowest BCUT2D eigenvalue weighted by Crippen LogP contribution is -2.49. The molecule has 1 saturated heterocycles. The third kappa shape index (κ3) is 4.24. The Balaban J connectivity index is 1.81. The molecule has 0 radical (unpaired) electrons. The van der Waals surface area contributed by atoms with E-state index in [1.165, 1.54) is 10.4 Å². The average molecular weight is 425 g/mol. The van der Waals surface area contributed by atoms with E-state index in [1.807, 2.05) is 26.8 Å². The molecular weight excluding hydrogens is 400 g/mol. The van der Waals surface area contributed by atoms with Crippen molar-refractivity contribution in [1.29, 1.82) is 0 Å². The summed E-state index contributed by atoms with van der Waals surface area (Å²) in [5, 5.41) is 0.411. The molecule has 9 heteroatoms. The number of halogens is 1. The maximum absolute atomic E-state index is 13.2. The molecule has 3 rings (SSSR count). The minimum atomic E-state index is -3.71. The van der Waals surface area contributed by atoms with Gasteiger partial charge in [-0.15, -0.1) is 0 Å². The highest BCUT2D eigenvalue weighted by molar-refractivity contribution is 7.89. The van der Waals surface area contributed by atoms with Gasteiger partial charge in [0, 0.05) is 43.0 Å². The Labute approximate surface area is 171 Å². The molecule has 2 heterocycles.